The normalized spacial score (nSPS) is 14.8. The van der Waals surface area contributed by atoms with Gasteiger partial charge in [-0.3, -0.25) is 0 Å². The molecule has 1 aromatic carbocycles. The van der Waals surface area contributed by atoms with E-state index in [0.717, 1.165) is 12.1 Å². The molecule has 0 aliphatic heterocycles. The third kappa shape index (κ3) is 3.85. The van der Waals surface area contributed by atoms with Gasteiger partial charge in [-0.05, 0) is 47.5 Å². The van der Waals surface area contributed by atoms with Crippen molar-refractivity contribution in [2.45, 2.75) is 26.0 Å². The van der Waals surface area contributed by atoms with E-state index < -0.39 is 0 Å². The van der Waals surface area contributed by atoms with Crippen molar-refractivity contribution >= 4 is 15.9 Å². The Hall–Kier alpha value is -0.450. The molecule has 1 N–H and O–H groups in total. The third-order valence-electron chi connectivity index (χ3n) is 2.56. The number of rotatable bonds is 5. The fourth-order valence-corrected chi connectivity index (χ4v) is 1.72. The Morgan fingerprint density at radius 1 is 1.44 bits per heavy atom. The van der Waals surface area contributed by atoms with Gasteiger partial charge in [0.2, 0.25) is 0 Å². The lowest BCUT2D eigenvalue weighted by Crippen LogP contribution is -2.28. The van der Waals surface area contributed by atoms with Gasteiger partial charge in [-0.15, -0.1) is 0 Å². The molecule has 2 nitrogen and oxygen atoms in total. The van der Waals surface area contributed by atoms with Gasteiger partial charge in [-0.25, -0.2) is 4.39 Å². The molecule has 0 radical (unpaired) electrons. The molecule has 0 saturated heterocycles. The van der Waals surface area contributed by atoms with Crippen LogP contribution in [0.5, 0.6) is 0 Å². The third-order valence-corrected chi connectivity index (χ3v) is 3.17. The highest BCUT2D eigenvalue weighted by atomic mass is 79.9. The first-order valence-electron chi connectivity index (χ1n) is 5.25. The molecular weight excluding hydrogens is 273 g/mol. The highest BCUT2D eigenvalue weighted by molar-refractivity contribution is 9.10. The lowest BCUT2D eigenvalue weighted by atomic mass is 10.1. The van der Waals surface area contributed by atoms with E-state index in [1.807, 2.05) is 13.8 Å². The topological polar surface area (TPSA) is 21.3 Å². The van der Waals surface area contributed by atoms with E-state index in [1.54, 1.807) is 19.2 Å². The van der Waals surface area contributed by atoms with Crippen molar-refractivity contribution in [3.63, 3.8) is 0 Å². The Labute approximate surface area is 104 Å². The summed E-state index contributed by atoms with van der Waals surface area (Å²) in [5.41, 5.74) is 1.05. The Morgan fingerprint density at radius 2 is 2.12 bits per heavy atom. The molecule has 0 aromatic heterocycles. The summed E-state index contributed by atoms with van der Waals surface area (Å²) in [6.07, 6.45) is 0.173. The molecular formula is C12H17BrFNO. The predicted molar refractivity (Wildman–Crippen MR) is 67.0 cm³/mol. The van der Waals surface area contributed by atoms with Gasteiger partial charge in [0.25, 0.3) is 0 Å². The molecule has 2 unspecified atom stereocenters. The maximum absolute atomic E-state index is 13.0. The van der Waals surface area contributed by atoms with Gasteiger partial charge in [0.05, 0.1) is 10.6 Å². The monoisotopic (exact) mass is 289 g/mol. The van der Waals surface area contributed by atoms with E-state index in [-0.39, 0.29) is 18.0 Å². The molecule has 0 aliphatic carbocycles. The molecule has 0 aliphatic rings. The largest absolute Gasteiger partial charge is 0.380 e. The van der Waals surface area contributed by atoms with Crippen LogP contribution in [0.1, 0.15) is 25.5 Å². The van der Waals surface area contributed by atoms with E-state index in [1.165, 1.54) is 6.07 Å². The highest BCUT2D eigenvalue weighted by Crippen LogP contribution is 2.21. The van der Waals surface area contributed by atoms with Crippen LogP contribution in [0.25, 0.3) is 0 Å². The zero-order chi connectivity index (χ0) is 12.1. The van der Waals surface area contributed by atoms with Crippen LogP contribution < -0.4 is 5.32 Å². The Bertz CT molecular complexity index is 346. The minimum absolute atomic E-state index is 0.173. The molecule has 1 aromatic rings. The van der Waals surface area contributed by atoms with Crippen LogP contribution in [-0.2, 0) is 4.74 Å². The first-order chi connectivity index (χ1) is 7.54. The summed E-state index contributed by atoms with van der Waals surface area (Å²) < 4.78 is 18.7. The second-order valence-electron chi connectivity index (χ2n) is 3.85. The SMILES string of the molecule is COC(C)CNC(C)c1ccc(F)c(Br)c1. The molecule has 1 rings (SSSR count). The van der Waals surface area contributed by atoms with Crippen LogP contribution in [-0.4, -0.2) is 19.8 Å². The zero-order valence-electron chi connectivity index (χ0n) is 9.76. The Balaban J connectivity index is 2.59. The molecule has 0 bridgehead atoms. The number of hydrogen-bond acceptors (Lipinski definition) is 2. The lowest BCUT2D eigenvalue weighted by molar-refractivity contribution is 0.115. The van der Waals surface area contributed by atoms with Crippen LogP contribution in [0.4, 0.5) is 4.39 Å². The number of halogens is 2. The molecule has 16 heavy (non-hydrogen) atoms. The quantitative estimate of drug-likeness (QED) is 0.898. The summed E-state index contributed by atoms with van der Waals surface area (Å²) in [5.74, 6) is -0.235. The van der Waals surface area contributed by atoms with Gasteiger partial charge in [0.1, 0.15) is 5.82 Å². The summed E-state index contributed by atoms with van der Waals surface area (Å²) in [6.45, 7) is 4.81. The second-order valence-corrected chi connectivity index (χ2v) is 4.70. The average molecular weight is 290 g/mol. The summed E-state index contributed by atoms with van der Waals surface area (Å²) in [4.78, 5) is 0. The summed E-state index contributed by atoms with van der Waals surface area (Å²) >= 11 is 3.18. The standard InChI is InChI=1S/C12H17BrFNO/c1-8(16-3)7-15-9(2)10-4-5-12(14)11(13)6-10/h4-6,8-9,15H,7H2,1-3H3. The number of benzene rings is 1. The maximum atomic E-state index is 13.0. The van der Waals surface area contributed by atoms with Gasteiger partial charge < -0.3 is 10.1 Å². The Kier molecular flexibility index (Phi) is 5.38. The minimum atomic E-state index is -0.235. The smallest absolute Gasteiger partial charge is 0.137 e. The molecule has 4 heteroatoms. The van der Waals surface area contributed by atoms with E-state index in [4.69, 9.17) is 4.74 Å². The van der Waals surface area contributed by atoms with Crippen molar-refractivity contribution in [2.24, 2.45) is 0 Å². The lowest BCUT2D eigenvalue weighted by Gasteiger charge is -2.17. The van der Waals surface area contributed by atoms with E-state index in [0.29, 0.717) is 4.47 Å². The van der Waals surface area contributed by atoms with Crippen LogP contribution in [0.3, 0.4) is 0 Å². The second kappa shape index (κ2) is 6.33. The number of hydrogen-bond donors (Lipinski definition) is 1. The van der Waals surface area contributed by atoms with E-state index in [9.17, 15) is 4.39 Å². The molecule has 0 spiro atoms. The number of ether oxygens (including phenoxy) is 1. The molecule has 0 heterocycles. The summed E-state index contributed by atoms with van der Waals surface area (Å²) in [5, 5.41) is 3.33. The fraction of sp³-hybridized carbons (Fsp3) is 0.500. The summed E-state index contributed by atoms with van der Waals surface area (Å²) in [7, 11) is 1.69. The maximum Gasteiger partial charge on any atom is 0.137 e. The highest BCUT2D eigenvalue weighted by Gasteiger charge is 2.08. The molecule has 90 valence electrons. The number of methoxy groups -OCH3 is 1. The van der Waals surface area contributed by atoms with Crippen molar-refractivity contribution in [1.82, 2.24) is 5.32 Å². The average Bonchev–Trinajstić information content (AvgIpc) is 2.29. The van der Waals surface area contributed by atoms with Crippen LogP contribution in [0.15, 0.2) is 22.7 Å². The molecule has 0 saturated carbocycles. The molecule has 2 atom stereocenters. The first kappa shape index (κ1) is 13.6. The number of nitrogens with one attached hydrogen (secondary N) is 1. The minimum Gasteiger partial charge on any atom is -0.380 e. The van der Waals surface area contributed by atoms with Crippen molar-refractivity contribution in [3.05, 3.63) is 34.1 Å². The zero-order valence-corrected chi connectivity index (χ0v) is 11.3. The van der Waals surface area contributed by atoms with Crippen molar-refractivity contribution < 1.29 is 9.13 Å². The van der Waals surface area contributed by atoms with E-state index >= 15 is 0 Å². The van der Waals surface area contributed by atoms with Crippen LogP contribution in [0.2, 0.25) is 0 Å². The van der Waals surface area contributed by atoms with Crippen LogP contribution >= 0.6 is 15.9 Å². The van der Waals surface area contributed by atoms with Gasteiger partial charge in [0, 0.05) is 19.7 Å². The van der Waals surface area contributed by atoms with Crippen molar-refractivity contribution in [3.8, 4) is 0 Å². The first-order valence-corrected chi connectivity index (χ1v) is 6.05. The van der Waals surface area contributed by atoms with Gasteiger partial charge in [0.15, 0.2) is 0 Å². The van der Waals surface area contributed by atoms with E-state index in [2.05, 4.69) is 21.2 Å². The van der Waals surface area contributed by atoms with Gasteiger partial charge >= 0.3 is 0 Å². The Morgan fingerprint density at radius 3 is 2.69 bits per heavy atom. The van der Waals surface area contributed by atoms with Crippen molar-refractivity contribution in [1.29, 1.82) is 0 Å². The van der Waals surface area contributed by atoms with Gasteiger partial charge in [-0.1, -0.05) is 6.07 Å². The fourth-order valence-electron chi connectivity index (χ4n) is 1.33. The predicted octanol–water partition coefficient (Wildman–Crippen LogP) is 3.27. The van der Waals surface area contributed by atoms with Crippen molar-refractivity contribution in [2.75, 3.05) is 13.7 Å². The molecule has 0 amide bonds. The van der Waals surface area contributed by atoms with Gasteiger partial charge in [-0.2, -0.15) is 0 Å². The van der Waals surface area contributed by atoms with Crippen LogP contribution in [0, 0.1) is 5.82 Å². The molecule has 0 fully saturated rings. The summed E-state index contributed by atoms with van der Waals surface area (Å²) in [6, 6.07) is 5.23.